The van der Waals surface area contributed by atoms with Gasteiger partial charge in [0.1, 0.15) is 5.60 Å². The van der Waals surface area contributed by atoms with Crippen LogP contribution in [0.25, 0.3) is 0 Å². The van der Waals surface area contributed by atoms with E-state index in [1.54, 1.807) is 0 Å². The Balaban J connectivity index is 2.55. The van der Waals surface area contributed by atoms with Gasteiger partial charge in [-0.2, -0.15) is 0 Å². The zero-order valence-corrected chi connectivity index (χ0v) is 15.1. The first-order valence-electron chi connectivity index (χ1n) is 8.73. The predicted molar refractivity (Wildman–Crippen MR) is 93.1 cm³/mol. The third-order valence-corrected chi connectivity index (χ3v) is 4.48. The van der Waals surface area contributed by atoms with Gasteiger partial charge in [-0.1, -0.05) is 18.6 Å². The van der Waals surface area contributed by atoms with Gasteiger partial charge in [-0.15, -0.1) is 0 Å². The van der Waals surface area contributed by atoms with Gasteiger partial charge < -0.3 is 20.9 Å². The minimum absolute atomic E-state index is 0.131. The summed E-state index contributed by atoms with van der Waals surface area (Å²) in [5.74, 6) is 0.839. The molecule has 0 heterocycles. The maximum Gasteiger partial charge on any atom is 0.407 e. The SMILES string of the molecule is C[C@@H](CC1=CCCCC1CNC(=O)OC(C)(C)C)C(CN)CO. The number of carbonyl (C=O) groups excluding carboxylic acids is 1. The fraction of sp³-hybridized carbons (Fsp3) is 0.833. The molecule has 5 nitrogen and oxygen atoms in total. The molecule has 5 heteroatoms. The second-order valence-corrected chi connectivity index (χ2v) is 7.65. The van der Waals surface area contributed by atoms with Crippen LogP contribution in [-0.4, -0.2) is 36.5 Å². The van der Waals surface area contributed by atoms with Gasteiger partial charge in [0.2, 0.25) is 0 Å². The highest BCUT2D eigenvalue weighted by Crippen LogP contribution is 2.31. The van der Waals surface area contributed by atoms with Crippen molar-refractivity contribution in [2.24, 2.45) is 23.5 Å². The van der Waals surface area contributed by atoms with Gasteiger partial charge >= 0.3 is 6.09 Å². The average Bonchev–Trinajstić information content (AvgIpc) is 2.46. The molecule has 1 aliphatic carbocycles. The lowest BCUT2D eigenvalue weighted by Gasteiger charge is -2.29. The summed E-state index contributed by atoms with van der Waals surface area (Å²) >= 11 is 0. The Hall–Kier alpha value is -1.07. The molecule has 23 heavy (non-hydrogen) atoms. The van der Waals surface area contributed by atoms with Crippen LogP contribution in [0.5, 0.6) is 0 Å². The number of hydrogen-bond acceptors (Lipinski definition) is 4. The summed E-state index contributed by atoms with van der Waals surface area (Å²) in [6.45, 7) is 8.98. The monoisotopic (exact) mass is 326 g/mol. The highest BCUT2D eigenvalue weighted by molar-refractivity contribution is 5.67. The van der Waals surface area contributed by atoms with Crippen molar-refractivity contribution in [1.29, 1.82) is 0 Å². The molecule has 4 N–H and O–H groups in total. The molecule has 0 spiro atoms. The van der Waals surface area contributed by atoms with Crippen LogP contribution in [0.3, 0.4) is 0 Å². The molecular weight excluding hydrogens is 292 g/mol. The molecule has 0 aromatic rings. The van der Waals surface area contributed by atoms with E-state index in [2.05, 4.69) is 18.3 Å². The molecule has 0 aromatic carbocycles. The summed E-state index contributed by atoms with van der Waals surface area (Å²) in [7, 11) is 0. The Morgan fingerprint density at radius 2 is 2.22 bits per heavy atom. The summed E-state index contributed by atoms with van der Waals surface area (Å²) in [5, 5.41) is 12.3. The first-order chi connectivity index (χ1) is 10.8. The molecule has 0 radical (unpaired) electrons. The molecule has 3 atom stereocenters. The zero-order valence-electron chi connectivity index (χ0n) is 15.1. The summed E-state index contributed by atoms with van der Waals surface area (Å²) in [6, 6.07) is 0. The lowest BCUT2D eigenvalue weighted by molar-refractivity contribution is 0.0520. The third-order valence-electron chi connectivity index (χ3n) is 4.48. The van der Waals surface area contributed by atoms with E-state index in [-0.39, 0.29) is 18.6 Å². The maximum atomic E-state index is 11.8. The van der Waals surface area contributed by atoms with Crippen molar-refractivity contribution in [2.45, 2.75) is 59.0 Å². The molecule has 134 valence electrons. The van der Waals surface area contributed by atoms with Crippen LogP contribution in [-0.2, 0) is 4.74 Å². The summed E-state index contributed by atoms with van der Waals surface area (Å²) < 4.78 is 5.30. The minimum atomic E-state index is -0.473. The number of amides is 1. The van der Waals surface area contributed by atoms with E-state index in [1.165, 1.54) is 5.57 Å². The number of carbonyl (C=O) groups is 1. The van der Waals surface area contributed by atoms with E-state index in [4.69, 9.17) is 10.5 Å². The molecule has 0 aromatic heterocycles. The van der Waals surface area contributed by atoms with Crippen LogP contribution < -0.4 is 11.1 Å². The fourth-order valence-electron chi connectivity index (χ4n) is 3.03. The molecule has 0 saturated heterocycles. The van der Waals surface area contributed by atoms with Crippen molar-refractivity contribution < 1.29 is 14.6 Å². The Labute approximate surface area is 140 Å². The van der Waals surface area contributed by atoms with E-state index in [0.717, 1.165) is 25.7 Å². The van der Waals surface area contributed by atoms with Crippen LogP contribution in [0.2, 0.25) is 0 Å². The topological polar surface area (TPSA) is 84.6 Å². The van der Waals surface area contributed by atoms with E-state index in [0.29, 0.717) is 24.9 Å². The van der Waals surface area contributed by atoms with E-state index in [9.17, 15) is 9.90 Å². The van der Waals surface area contributed by atoms with Gasteiger partial charge in [0.15, 0.2) is 0 Å². The highest BCUT2D eigenvalue weighted by Gasteiger charge is 2.24. The Morgan fingerprint density at radius 1 is 1.52 bits per heavy atom. The smallest absolute Gasteiger partial charge is 0.407 e. The van der Waals surface area contributed by atoms with Gasteiger partial charge in [-0.25, -0.2) is 4.79 Å². The first-order valence-corrected chi connectivity index (χ1v) is 8.73. The number of nitrogens with one attached hydrogen (secondary N) is 1. The molecule has 0 fully saturated rings. The third kappa shape index (κ3) is 7.36. The largest absolute Gasteiger partial charge is 0.444 e. The second kappa shape index (κ2) is 9.28. The van der Waals surface area contributed by atoms with Crippen molar-refractivity contribution in [3.63, 3.8) is 0 Å². The quantitative estimate of drug-likeness (QED) is 0.628. The van der Waals surface area contributed by atoms with Crippen LogP contribution in [0.1, 0.15) is 53.4 Å². The van der Waals surface area contributed by atoms with Crippen LogP contribution >= 0.6 is 0 Å². The lowest BCUT2D eigenvalue weighted by Crippen LogP contribution is -2.36. The van der Waals surface area contributed by atoms with E-state index >= 15 is 0 Å². The predicted octanol–water partition coefficient (Wildman–Crippen LogP) is 2.83. The molecule has 2 unspecified atom stereocenters. The van der Waals surface area contributed by atoms with Crippen molar-refractivity contribution in [3.05, 3.63) is 11.6 Å². The average molecular weight is 326 g/mol. The summed E-state index contributed by atoms with van der Waals surface area (Å²) in [4.78, 5) is 11.8. The minimum Gasteiger partial charge on any atom is -0.444 e. The number of allylic oxidation sites excluding steroid dienone is 1. The van der Waals surface area contributed by atoms with E-state index in [1.807, 2.05) is 20.8 Å². The van der Waals surface area contributed by atoms with Gasteiger partial charge in [0.25, 0.3) is 0 Å². The zero-order chi connectivity index (χ0) is 17.5. The molecule has 0 aliphatic heterocycles. The van der Waals surface area contributed by atoms with Gasteiger partial charge in [-0.3, -0.25) is 0 Å². The van der Waals surface area contributed by atoms with Crippen LogP contribution in [0.4, 0.5) is 4.79 Å². The number of rotatable bonds is 7. The summed E-state index contributed by atoms with van der Waals surface area (Å²) in [5.41, 5.74) is 6.64. The molecule has 1 rings (SSSR count). The molecule has 1 amide bonds. The van der Waals surface area contributed by atoms with Crippen LogP contribution in [0.15, 0.2) is 11.6 Å². The van der Waals surface area contributed by atoms with Gasteiger partial charge in [-0.05, 0) is 70.8 Å². The van der Waals surface area contributed by atoms with Gasteiger partial charge in [0.05, 0.1) is 0 Å². The molecule has 0 bridgehead atoms. The lowest BCUT2D eigenvalue weighted by atomic mass is 9.79. The van der Waals surface area contributed by atoms with Crippen molar-refractivity contribution in [1.82, 2.24) is 5.32 Å². The number of aliphatic hydroxyl groups excluding tert-OH is 1. The summed E-state index contributed by atoms with van der Waals surface area (Å²) in [6.07, 6.45) is 6.21. The Kier molecular flexibility index (Phi) is 8.06. The highest BCUT2D eigenvalue weighted by atomic mass is 16.6. The fourth-order valence-corrected chi connectivity index (χ4v) is 3.03. The Morgan fingerprint density at radius 3 is 2.78 bits per heavy atom. The first kappa shape index (κ1) is 20.0. The van der Waals surface area contributed by atoms with Crippen molar-refractivity contribution >= 4 is 6.09 Å². The molecular formula is C18H34N2O3. The normalized spacial score (nSPS) is 21.3. The number of nitrogens with two attached hydrogens (primary N) is 1. The van der Waals surface area contributed by atoms with E-state index < -0.39 is 5.60 Å². The number of ether oxygens (including phenoxy) is 1. The number of alkyl carbamates (subject to hydrolysis) is 1. The maximum absolute atomic E-state index is 11.8. The molecule has 0 saturated carbocycles. The number of hydrogen-bond donors (Lipinski definition) is 3. The number of aliphatic hydroxyl groups is 1. The standard InChI is InChI=1S/C18H34N2O3/c1-13(16(10-19)12-21)9-14-7-5-6-8-15(14)11-20-17(22)23-18(2,3)4/h7,13,15-16,21H,5-6,8-12,19H2,1-4H3,(H,20,22)/t13-,15?,16?/m0/s1. The van der Waals surface area contributed by atoms with Crippen molar-refractivity contribution in [2.75, 3.05) is 19.7 Å². The van der Waals surface area contributed by atoms with Gasteiger partial charge in [0, 0.05) is 13.2 Å². The molecule has 1 aliphatic rings. The second-order valence-electron chi connectivity index (χ2n) is 7.65. The van der Waals surface area contributed by atoms with Crippen molar-refractivity contribution in [3.8, 4) is 0 Å². The van der Waals surface area contributed by atoms with Crippen LogP contribution in [0, 0.1) is 17.8 Å². The Bertz CT molecular complexity index is 398.